The maximum absolute atomic E-state index is 5.94. The van der Waals surface area contributed by atoms with E-state index in [1.54, 1.807) is 19.5 Å². The molecule has 19 heavy (non-hydrogen) atoms. The van der Waals surface area contributed by atoms with Crippen LogP contribution in [0.4, 0.5) is 0 Å². The van der Waals surface area contributed by atoms with Gasteiger partial charge >= 0.3 is 0 Å². The lowest BCUT2D eigenvalue weighted by Gasteiger charge is -2.08. The van der Waals surface area contributed by atoms with Crippen molar-refractivity contribution in [2.24, 2.45) is 7.05 Å². The average molecular weight is 274 g/mol. The number of fused-ring (bicyclic) bond motifs is 1. The van der Waals surface area contributed by atoms with E-state index in [4.69, 9.17) is 16.3 Å². The number of hydrogen-bond donors (Lipinski definition) is 0. The molecule has 3 aromatic heterocycles. The molecule has 4 nitrogen and oxygen atoms in total. The first-order chi connectivity index (χ1) is 9.20. The van der Waals surface area contributed by atoms with Gasteiger partial charge in [0.05, 0.1) is 23.9 Å². The Kier molecular flexibility index (Phi) is 2.87. The summed E-state index contributed by atoms with van der Waals surface area (Å²) in [6, 6.07) is 7.78. The topological polar surface area (TPSA) is 39.9 Å². The fourth-order valence-corrected chi connectivity index (χ4v) is 2.37. The predicted octanol–water partition coefficient (Wildman–Crippen LogP) is 3.30. The van der Waals surface area contributed by atoms with Crippen LogP contribution in [0.3, 0.4) is 0 Å². The first kappa shape index (κ1) is 12.0. The number of nitrogens with zero attached hydrogens (tertiary/aromatic N) is 3. The predicted molar refractivity (Wildman–Crippen MR) is 75.5 cm³/mol. The Bertz CT molecular complexity index is 752. The molecule has 5 heteroatoms. The van der Waals surface area contributed by atoms with Crippen molar-refractivity contribution < 1.29 is 4.74 Å². The lowest BCUT2D eigenvalue weighted by molar-refractivity contribution is 0.399. The lowest BCUT2D eigenvalue weighted by atomic mass is 10.2. The summed E-state index contributed by atoms with van der Waals surface area (Å²) in [5.41, 5.74) is 2.99. The molecule has 0 fully saturated rings. The van der Waals surface area contributed by atoms with Gasteiger partial charge in [-0.1, -0.05) is 11.6 Å². The molecule has 3 rings (SSSR count). The molecular formula is C14H12ClN3O. The highest BCUT2D eigenvalue weighted by molar-refractivity contribution is 6.30. The SMILES string of the molecule is COc1ncccc1-c1cc2cnc(Cl)cc2n1C. The first-order valence-corrected chi connectivity index (χ1v) is 6.19. The summed E-state index contributed by atoms with van der Waals surface area (Å²) >= 11 is 5.94. The number of aryl methyl sites for hydroxylation is 1. The highest BCUT2D eigenvalue weighted by Gasteiger charge is 2.13. The van der Waals surface area contributed by atoms with Crippen LogP contribution in [0.15, 0.2) is 36.7 Å². The van der Waals surface area contributed by atoms with Crippen molar-refractivity contribution in [3.8, 4) is 17.1 Å². The third-order valence-electron chi connectivity index (χ3n) is 3.13. The molecule has 0 spiro atoms. The van der Waals surface area contributed by atoms with Crippen molar-refractivity contribution in [1.82, 2.24) is 14.5 Å². The molecule has 0 aliphatic carbocycles. The second-order valence-electron chi connectivity index (χ2n) is 4.21. The van der Waals surface area contributed by atoms with Crippen molar-refractivity contribution >= 4 is 22.5 Å². The molecule has 96 valence electrons. The molecule has 3 heterocycles. The Morgan fingerprint density at radius 2 is 2.11 bits per heavy atom. The standard InChI is InChI=1S/C14H12ClN3O/c1-18-11-7-13(15)17-8-9(11)6-12(18)10-4-3-5-16-14(10)19-2/h3-8H,1-2H3. The smallest absolute Gasteiger partial charge is 0.222 e. The Morgan fingerprint density at radius 1 is 1.26 bits per heavy atom. The van der Waals surface area contributed by atoms with Crippen molar-refractivity contribution in [1.29, 1.82) is 0 Å². The van der Waals surface area contributed by atoms with Gasteiger partial charge in [0.1, 0.15) is 5.15 Å². The molecule has 0 amide bonds. The minimum absolute atomic E-state index is 0.485. The van der Waals surface area contributed by atoms with E-state index in [0.29, 0.717) is 11.0 Å². The molecule has 0 bridgehead atoms. The van der Waals surface area contributed by atoms with Crippen LogP contribution >= 0.6 is 11.6 Å². The van der Waals surface area contributed by atoms with E-state index in [0.717, 1.165) is 22.2 Å². The average Bonchev–Trinajstić information content (AvgIpc) is 2.76. The fraction of sp³-hybridized carbons (Fsp3) is 0.143. The minimum atomic E-state index is 0.485. The van der Waals surface area contributed by atoms with E-state index in [1.165, 1.54) is 0 Å². The number of ether oxygens (including phenoxy) is 1. The summed E-state index contributed by atoms with van der Waals surface area (Å²) in [7, 11) is 3.60. The number of pyridine rings is 2. The number of aromatic nitrogens is 3. The van der Waals surface area contributed by atoms with Crippen LogP contribution in [0.5, 0.6) is 5.88 Å². The Labute approximate surface area is 115 Å². The molecule has 0 aliphatic rings. The zero-order valence-electron chi connectivity index (χ0n) is 10.6. The summed E-state index contributed by atoms with van der Waals surface area (Å²) in [4.78, 5) is 8.33. The molecule has 0 aliphatic heterocycles. The molecule has 0 N–H and O–H groups in total. The van der Waals surface area contributed by atoms with Crippen LogP contribution in [0.1, 0.15) is 0 Å². The summed E-state index contributed by atoms with van der Waals surface area (Å²) in [6.07, 6.45) is 3.48. The van der Waals surface area contributed by atoms with Gasteiger partial charge in [0, 0.05) is 24.8 Å². The van der Waals surface area contributed by atoms with Crippen molar-refractivity contribution in [3.63, 3.8) is 0 Å². The highest BCUT2D eigenvalue weighted by Crippen LogP contribution is 2.32. The van der Waals surface area contributed by atoms with Gasteiger partial charge in [-0.3, -0.25) is 0 Å². The maximum Gasteiger partial charge on any atom is 0.222 e. The Balaban J connectivity index is 2.28. The Morgan fingerprint density at radius 3 is 2.89 bits per heavy atom. The van der Waals surface area contributed by atoms with E-state index in [-0.39, 0.29) is 0 Å². The third kappa shape index (κ3) is 1.94. The zero-order valence-corrected chi connectivity index (χ0v) is 11.3. The van der Waals surface area contributed by atoms with Gasteiger partial charge in [0.2, 0.25) is 5.88 Å². The van der Waals surface area contributed by atoms with E-state index >= 15 is 0 Å². The normalized spacial score (nSPS) is 10.9. The van der Waals surface area contributed by atoms with Crippen molar-refractivity contribution in [2.75, 3.05) is 7.11 Å². The maximum atomic E-state index is 5.94. The third-order valence-corrected chi connectivity index (χ3v) is 3.34. The summed E-state index contributed by atoms with van der Waals surface area (Å²) in [5.74, 6) is 0.604. The lowest BCUT2D eigenvalue weighted by Crippen LogP contribution is -1.95. The summed E-state index contributed by atoms with van der Waals surface area (Å²) in [5, 5.41) is 1.52. The summed E-state index contributed by atoms with van der Waals surface area (Å²) < 4.78 is 7.37. The van der Waals surface area contributed by atoms with Gasteiger partial charge < -0.3 is 9.30 Å². The Hall–Kier alpha value is -2.07. The van der Waals surface area contributed by atoms with Gasteiger partial charge in [-0.25, -0.2) is 9.97 Å². The number of methoxy groups -OCH3 is 1. The second kappa shape index (κ2) is 4.55. The minimum Gasteiger partial charge on any atom is -0.481 e. The van der Waals surface area contributed by atoms with Gasteiger partial charge in [0.25, 0.3) is 0 Å². The van der Waals surface area contributed by atoms with Gasteiger partial charge in [-0.15, -0.1) is 0 Å². The fourth-order valence-electron chi connectivity index (χ4n) is 2.21. The zero-order chi connectivity index (χ0) is 13.4. The monoisotopic (exact) mass is 273 g/mol. The van der Waals surface area contributed by atoms with Crippen LogP contribution in [0.25, 0.3) is 22.2 Å². The van der Waals surface area contributed by atoms with Crippen molar-refractivity contribution in [3.05, 3.63) is 41.8 Å². The molecule has 0 unspecified atom stereocenters. The number of hydrogen-bond acceptors (Lipinski definition) is 3. The van der Waals surface area contributed by atoms with Gasteiger partial charge in [-0.2, -0.15) is 0 Å². The van der Waals surface area contributed by atoms with E-state index in [2.05, 4.69) is 20.6 Å². The van der Waals surface area contributed by atoms with Crippen LogP contribution < -0.4 is 4.74 Å². The van der Waals surface area contributed by atoms with Gasteiger partial charge in [-0.05, 0) is 24.3 Å². The second-order valence-corrected chi connectivity index (χ2v) is 4.60. The molecule has 0 radical (unpaired) electrons. The van der Waals surface area contributed by atoms with Gasteiger partial charge in [0.15, 0.2) is 0 Å². The van der Waals surface area contributed by atoms with E-state index < -0.39 is 0 Å². The van der Waals surface area contributed by atoms with Crippen LogP contribution in [-0.2, 0) is 7.05 Å². The number of halogens is 1. The molecule has 0 atom stereocenters. The van der Waals surface area contributed by atoms with Crippen LogP contribution in [0, 0.1) is 0 Å². The van der Waals surface area contributed by atoms with Crippen LogP contribution in [-0.4, -0.2) is 21.6 Å². The van der Waals surface area contributed by atoms with E-state index in [1.807, 2.05) is 25.2 Å². The van der Waals surface area contributed by atoms with Crippen LogP contribution in [0.2, 0.25) is 5.15 Å². The number of rotatable bonds is 2. The van der Waals surface area contributed by atoms with Crippen molar-refractivity contribution in [2.45, 2.75) is 0 Å². The summed E-state index contributed by atoms with van der Waals surface area (Å²) in [6.45, 7) is 0. The first-order valence-electron chi connectivity index (χ1n) is 5.81. The molecular weight excluding hydrogens is 262 g/mol. The highest BCUT2D eigenvalue weighted by atomic mass is 35.5. The quantitative estimate of drug-likeness (QED) is 0.673. The molecule has 3 aromatic rings. The molecule has 0 saturated heterocycles. The molecule has 0 aromatic carbocycles. The largest absolute Gasteiger partial charge is 0.481 e. The molecule has 0 saturated carbocycles. The van der Waals surface area contributed by atoms with E-state index in [9.17, 15) is 0 Å².